The van der Waals surface area contributed by atoms with Gasteiger partial charge in [0.05, 0.1) is 13.0 Å². The topological polar surface area (TPSA) is 87.7 Å². The van der Waals surface area contributed by atoms with Crippen molar-refractivity contribution < 1.29 is 19.4 Å². The van der Waals surface area contributed by atoms with Crippen LogP contribution in [0.4, 0.5) is 10.5 Å². The van der Waals surface area contributed by atoms with Crippen molar-refractivity contribution in [3.05, 3.63) is 29.8 Å². The number of carbonyl (C=O) groups is 2. The minimum Gasteiger partial charge on any atom is -0.481 e. The number of ether oxygens (including phenoxy) is 1. The molecule has 0 fully saturated rings. The van der Waals surface area contributed by atoms with Gasteiger partial charge in [0.1, 0.15) is 0 Å². The van der Waals surface area contributed by atoms with Crippen LogP contribution < -0.4 is 10.6 Å². The van der Waals surface area contributed by atoms with E-state index in [0.717, 1.165) is 0 Å². The molecule has 3 N–H and O–H groups in total. The molecule has 0 saturated carbocycles. The van der Waals surface area contributed by atoms with Crippen LogP contribution in [0.15, 0.2) is 24.3 Å². The summed E-state index contributed by atoms with van der Waals surface area (Å²) < 4.78 is 5.35. The van der Waals surface area contributed by atoms with Crippen LogP contribution in [0.5, 0.6) is 0 Å². The first kappa shape index (κ1) is 17.0. The van der Waals surface area contributed by atoms with Crippen molar-refractivity contribution in [3.8, 4) is 0 Å². The molecule has 2 amide bonds. The molecule has 1 aromatic carbocycles. The summed E-state index contributed by atoms with van der Waals surface area (Å²) in [7, 11) is 0. The molecule has 0 atom stereocenters. The average Bonchev–Trinajstić information content (AvgIpc) is 2.39. The standard InChI is InChI=1S/C15H22N2O4/c1-11(2)10-21-8-7-16-15(20)17-13-6-4-3-5-12(13)9-14(18)19/h3-6,11H,7-10H2,1-2H3,(H,18,19)(H2,16,17,20). The summed E-state index contributed by atoms with van der Waals surface area (Å²) in [5.41, 5.74) is 1.07. The summed E-state index contributed by atoms with van der Waals surface area (Å²) in [6.45, 7) is 5.62. The second kappa shape index (κ2) is 8.97. The highest BCUT2D eigenvalue weighted by Gasteiger charge is 2.08. The van der Waals surface area contributed by atoms with Gasteiger partial charge in [-0.05, 0) is 17.5 Å². The van der Waals surface area contributed by atoms with Gasteiger partial charge in [-0.3, -0.25) is 4.79 Å². The summed E-state index contributed by atoms with van der Waals surface area (Å²) >= 11 is 0. The van der Waals surface area contributed by atoms with E-state index in [1.165, 1.54) is 0 Å². The number of benzene rings is 1. The van der Waals surface area contributed by atoms with E-state index < -0.39 is 5.97 Å². The van der Waals surface area contributed by atoms with Crippen LogP contribution in [0.2, 0.25) is 0 Å². The van der Waals surface area contributed by atoms with Crippen LogP contribution in [0, 0.1) is 5.92 Å². The maximum absolute atomic E-state index is 11.7. The van der Waals surface area contributed by atoms with E-state index in [1.54, 1.807) is 24.3 Å². The van der Waals surface area contributed by atoms with Crippen molar-refractivity contribution in [3.63, 3.8) is 0 Å². The van der Waals surface area contributed by atoms with Crippen LogP contribution in [0.1, 0.15) is 19.4 Å². The number of nitrogens with one attached hydrogen (secondary N) is 2. The van der Waals surface area contributed by atoms with E-state index in [4.69, 9.17) is 9.84 Å². The minimum absolute atomic E-state index is 0.131. The third kappa shape index (κ3) is 7.31. The zero-order chi connectivity index (χ0) is 15.7. The van der Waals surface area contributed by atoms with E-state index in [9.17, 15) is 9.59 Å². The minimum atomic E-state index is -0.938. The number of aliphatic carboxylic acids is 1. The van der Waals surface area contributed by atoms with Gasteiger partial charge >= 0.3 is 12.0 Å². The predicted octanol–water partition coefficient (Wildman–Crippen LogP) is 2.11. The summed E-state index contributed by atoms with van der Waals surface area (Å²) in [6.07, 6.45) is -0.131. The quantitative estimate of drug-likeness (QED) is 0.641. The van der Waals surface area contributed by atoms with E-state index in [2.05, 4.69) is 24.5 Å². The normalized spacial score (nSPS) is 10.4. The average molecular weight is 294 g/mol. The Bertz CT molecular complexity index is 474. The van der Waals surface area contributed by atoms with Crippen molar-refractivity contribution in [2.75, 3.05) is 25.1 Å². The molecule has 1 rings (SSSR count). The first-order valence-corrected chi connectivity index (χ1v) is 6.91. The van der Waals surface area contributed by atoms with Gasteiger partial charge in [0, 0.05) is 18.8 Å². The lowest BCUT2D eigenvalue weighted by atomic mass is 10.1. The zero-order valence-electron chi connectivity index (χ0n) is 12.4. The number of hydrogen-bond acceptors (Lipinski definition) is 3. The van der Waals surface area contributed by atoms with Crippen molar-refractivity contribution in [2.45, 2.75) is 20.3 Å². The Morgan fingerprint density at radius 3 is 2.67 bits per heavy atom. The second-order valence-electron chi connectivity index (χ2n) is 5.08. The van der Waals surface area contributed by atoms with Crippen molar-refractivity contribution in [1.82, 2.24) is 5.32 Å². The Balaban J connectivity index is 2.39. The molecular formula is C15H22N2O4. The number of para-hydroxylation sites is 1. The summed E-state index contributed by atoms with van der Waals surface area (Å²) in [6, 6.07) is 6.46. The van der Waals surface area contributed by atoms with Crippen LogP contribution in [-0.4, -0.2) is 36.9 Å². The first-order valence-electron chi connectivity index (χ1n) is 6.91. The lowest BCUT2D eigenvalue weighted by Gasteiger charge is -2.11. The molecule has 0 radical (unpaired) electrons. The Morgan fingerprint density at radius 2 is 2.00 bits per heavy atom. The van der Waals surface area contributed by atoms with E-state index in [-0.39, 0.29) is 12.5 Å². The summed E-state index contributed by atoms with van der Waals surface area (Å²) in [4.78, 5) is 22.5. The molecule has 21 heavy (non-hydrogen) atoms. The zero-order valence-corrected chi connectivity index (χ0v) is 12.4. The molecule has 116 valence electrons. The molecule has 0 unspecified atom stereocenters. The van der Waals surface area contributed by atoms with Crippen LogP contribution in [0.3, 0.4) is 0 Å². The predicted molar refractivity (Wildman–Crippen MR) is 80.5 cm³/mol. The van der Waals surface area contributed by atoms with Gasteiger partial charge in [-0.15, -0.1) is 0 Å². The molecule has 0 heterocycles. The molecule has 1 aromatic rings. The Kier molecular flexibility index (Phi) is 7.25. The molecule has 0 spiro atoms. The first-order chi connectivity index (χ1) is 9.99. The SMILES string of the molecule is CC(C)COCCNC(=O)Nc1ccccc1CC(=O)O. The highest BCUT2D eigenvalue weighted by atomic mass is 16.5. The highest BCUT2D eigenvalue weighted by Crippen LogP contribution is 2.15. The maximum atomic E-state index is 11.7. The highest BCUT2D eigenvalue weighted by molar-refractivity contribution is 5.90. The van der Waals surface area contributed by atoms with Crippen LogP contribution >= 0.6 is 0 Å². The van der Waals surface area contributed by atoms with Gasteiger partial charge in [-0.25, -0.2) is 4.79 Å². The number of carbonyl (C=O) groups excluding carboxylic acids is 1. The van der Waals surface area contributed by atoms with Crippen molar-refractivity contribution in [1.29, 1.82) is 0 Å². The van der Waals surface area contributed by atoms with Gasteiger partial charge in [-0.1, -0.05) is 32.0 Å². The second-order valence-corrected chi connectivity index (χ2v) is 5.08. The van der Waals surface area contributed by atoms with Crippen molar-refractivity contribution in [2.24, 2.45) is 5.92 Å². The fraction of sp³-hybridized carbons (Fsp3) is 0.467. The Hall–Kier alpha value is -2.08. The molecule has 0 aliphatic heterocycles. The fourth-order valence-electron chi connectivity index (χ4n) is 1.68. The number of urea groups is 1. The Morgan fingerprint density at radius 1 is 1.29 bits per heavy atom. The number of rotatable bonds is 8. The molecule has 0 saturated heterocycles. The molecule has 6 nitrogen and oxygen atoms in total. The lowest BCUT2D eigenvalue weighted by Crippen LogP contribution is -2.32. The molecule has 0 bridgehead atoms. The largest absolute Gasteiger partial charge is 0.481 e. The van der Waals surface area contributed by atoms with E-state index in [1.807, 2.05) is 0 Å². The number of carboxylic acid groups (broad SMARTS) is 1. The third-order valence-corrected chi connectivity index (χ3v) is 2.59. The Labute approximate surface area is 124 Å². The number of carboxylic acids is 1. The maximum Gasteiger partial charge on any atom is 0.319 e. The molecule has 0 aliphatic carbocycles. The van der Waals surface area contributed by atoms with Crippen LogP contribution in [-0.2, 0) is 16.0 Å². The summed E-state index contributed by atoms with van der Waals surface area (Å²) in [5.74, 6) is -0.478. The lowest BCUT2D eigenvalue weighted by molar-refractivity contribution is -0.136. The fourth-order valence-corrected chi connectivity index (χ4v) is 1.68. The van der Waals surface area contributed by atoms with E-state index >= 15 is 0 Å². The van der Waals surface area contributed by atoms with Gasteiger partial charge in [-0.2, -0.15) is 0 Å². The molecule has 6 heteroatoms. The monoisotopic (exact) mass is 294 g/mol. The van der Waals surface area contributed by atoms with Gasteiger partial charge < -0.3 is 20.5 Å². The molecule has 0 aliphatic rings. The summed E-state index contributed by atoms with van der Waals surface area (Å²) in [5, 5.41) is 14.1. The van der Waals surface area contributed by atoms with Gasteiger partial charge in [0.25, 0.3) is 0 Å². The molecule has 0 aromatic heterocycles. The smallest absolute Gasteiger partial charge is 0.319 e. The number of anilines is 1. The van der Waals surface area contributed by atoms with Crippen LogP contribution in [0.25, 0.3) is 0 Å². The van der Waals surface area contributed by atoms with Gasteiger partial charge in [0.2, 0.25) is 0 Å². The van der Waals surface area contributed by atoms with Crippen molar-refractivity contribution >= 4 is 17.7 Å². The third-order valence-electron chi connectivity index (χ3n) is 2.59. The van der Waals surface area contributed by atoms with E-state index in [0.29, 0.717) is 36.9 Å². The number of hydrogen-bond donors (Lipinski definition) is 3. The van der Waals surface area contributed by atoms with Gasteiger partial charge in [0.15, 0.2) is 0 Å². The number of amides is 2. The molecular weight excluding hydrogens is 272 g/mol.